The van der Waals surface area contributed by atoms with Crippen molar-refractivity contribution in [3.63, 3.8) is 0 Å². The summed E-state index contributed by atoms with van der Waals surface area (Å²) in [4.78, 5) is 4.08. The van der Waals surface area contributed by atoms with E-state index in [0.29, 0.717) is 0 Å². The summed E-state index contributed by atoms with van der Waals surface area (Å²) in [5.74, 6) is 0.919. The molecule has 0 N–H and O–H groups in total. The van der Waals surface area contributed by atoms with Crippen LogP contribution in [0.5, 0.6) is 0 Å². The Morgan fingerprint density at radius 1 is 1.30 bits per heavy atom. The van der Waals surface area contributed by atoms with Crippen LogP contribution < -0.4 is 0 Å². The van der Waals surface area contributed by atoms with Crippen molar-refractivity contribution >= 4 is 5.52 Å². The fourth-order valence-corrected chi connectivity index (χ4v) is 0.986. The molecule has 2 rings (SSSR count). The summed E-state index contributed by atoms with van der Waals surface area (Å²) in [5, 5.41) is 4.07. The van der Waals surface area contributed by atoms with E-state index in [1.165, 1.54) is 0 Å². The Morgan fingerprint density at radius 3 is 2.90 bits per heavy atom. The van der Waals surface area contributed by atoms with Crippen LogP contribution in [-0.2, 0) is 0 Å². The van der Waals surface area contributed by atoms with Crippen LogP contribution in [0.1, 0.15) is 5.82 Å². The van der Waals surface area contributed by atoms with Crippen LogP contribution in [0.3, 0.4) is 0 Å². The zero-order chi connectivity index (χ0) is 6.97. The van der Waals surface area contributed by atoms with Crippen LogP contribution in [0.25, 0.3) is 5.52 Å². The summed E-state index contributed by atoms with van der Waals surface area (Å²) < 4.78 is 1.81. The first-order chi connectivity index (χ1) is 4.88. The van der Waals surface area contributed by atoms with Crippen LogP contribution in [0.2, 0.25) is 0 Å². The van der Waals surface area contributed by atoms with E-state index in [9.17, 15) is 0 Å². The van der Waals surface area contributed by atoms with Gasteiger partial charge in [-0.25, -0.2) is 9.50 Å². The highest BCUT2D eigenvalue weighted by atomic mass is 15.2. The molecule has 0 aromatic carbocycles. The standard InChI is InChI=1S/C7H7N3/c1-6-8-4-2-7-3-5-9-10(6)7/h2-5H,1H3. The molecule has 0 atom stereocenters. The van der Waals surface area contributed by atoms with E-state index in [1.807, 2.05) is 19.1 Å². The number of rotatable bonds is 0. The summed E-state index contributed by atoms with van der Waals surface area (Å²) in [6.07, 6.45) is 3.55. The highest BCUT2D eigenvalue weighted by Gasteiger charge is 1.93. The van der Waals surface area contributed by atoms with Crippen LogP contribution >= 0.6 is 0 Å². The van der Waals surface area contributed by atoms with Gasteiger partial charge in [0.25, 0.3) is 0 Å². The fraction of sp³-hybridized carbons (Fsp3) is 0.143. The summed E-state index contributed by atoms with van der Waals surface area (Å²) in [7, 11) is 0. The molecule has 0 amide bonds. The minimum absolute atomic E-state index is 0.919. The highest BCUT2D eigenvalue weighted by Crippen LogP contribution is 2.00. The maximum Gasteiger partial charge on any atom is 0.127 e. The van der Waals surface area contributed by atoms with E-state index in [0.717, 1.165) is 11.3 Å². The third-order valence-electron chi connectivity index (χ3n) is 1.49. The quantitative estimate of drug-likeness (QED) is 0.537. The Balaban J connectivity index is 2.95. The van der Waals surface area contributed by atoms with Gasteiger partial charge in [-0.15, -0.1) is 0 Å². The van der Waals surface area contributed by atoms with E-state index in [4.69, 9.17) is 0 Å². The second-order valence-electron chi connectivity index (χ2n) is 2.16. The lowest BCUT2D eigenvalue weighted by Gasteiger charge is -1.94. The Morgan fingerprint density at radius 2 is 2.10 bits per heavy atom. The molecule has 0 aliphatic carbocycles. The third-order valence-corrected chi connectivity index (χ3v) is 1.49. The average Bonchev–Trinajstić information content (AvgIpc) is 2.36. The van der Waals surface area contributed by atoms with Crippen molar-refractivity contribution in [2.24, 2.45) is 0 Å². The molecular formula is C7H7N3. The number of aromatic nitrogens is 3. The second kappa shape index (κ2) is 1.80. The average molecular weight is 133 g/mol. The molecule has 0 fully saturated rings. The summed E-state index contributed by atoms with van der Waals surface area (Å²) in [5.41, 5.74) is 1.09. The van der Waals surface area contributed by atoms with E-state index in [-0.39, 0.29) is 0 Å². The van der Waals surface area contributed by atoms with Gasteiger partial charge < -0.3 is 0 Å². The first-order valence-corrected chi connectivity index (χ1v) is 3.13. The molecule has 10 heavy (non-hydrogen) atoms. The van der Waals surface area contributed by atoms with Crippen LogP contribution in [0.4, 0.5) is 0 Å². The van der Waals surface area contributed by atoms with Gasteiger partial charge in [-0.2, -0.15) is 5.10 Å². The van der Waals surface area contributed by atoms with Gasteiger partial charge in [0, 0.05) is 6.20 Å². The molecule has 0 spiro atoms. The maximum atomic E-state index is 4.08. The minimum atomic E-state index is 0.919. The zero-order valence-corrected chi connectivity index (χ0v) is 5.65. The number of aryl methyl sites for hydroxylation is 1. The largest absolute Gasteiger partial charge is 0.242 e. The molecule has 3 nitrogen and oxygen atoms in total. The van der Waals surface area contributed by atoms with Gasteiger partial charge in [0.1, 0.15) is 5.82 Å². The molecule has 0 saturated carbocycles. The summed E-state index contributed by atoms with van der Waals surface area (Å²) in [6, 6.07) is 3.88. The monoisotopic (exact) mass is 133 g/mol. The van der Waals surface area contributed by atoms with Crippen LogP contribution in [0.15, 0.2) is 24.5 Å². The Hall–Kier alpha value is -1.38. The van der Waals surface area contributed by atoms with E-state index >= 15 is 0 Å². The van der Waals surface area contributed by atoms with Gasteiger partial charge in [0.15, 0.2) is 0 Å². The first kappa shape index (κ1) is 5.41. The second-order valence-corrected chi connectivity index (χ2v) is 2.16. The lowest BCUT2D eigenvalue weighted by atomic mass is 10.5. The summed E-state index contributed by atoms with van der Waals surface area (Å²) >= 11 is 0. The Labute approximate surface area is 58.3 Å². The fourth-order valence-electron chi connectivity index (χ4n) is 0.986. The molecule has 2 aromatic heterocycles. The molecule has 2 heterocycles. The normalized spacial score (nSPS) is 10.5. The van der Waals surface area contributed by atoms with Crippen molar-refractivity contribution in [2.45, 2.75) is 6.92 Å². The molecule has 0 saturated heterocycles. The molecule has 0 bridgehead atoms. The predicted molar refractivity (Wildman–Crippen MR) is 37.7 cm³/mol. The number of hydrogen-bond acceptors (Lipinski definition) is 2. The lowest BCUT2D eigenvalue weighted by Crippen LogP contribution is -1.94. The highest BCUT2D eigenvalue weighted by molar-refractivity contribution is 5.44. The Kier molecular flexibility index (Phi) is 0.974. The smallest absolute Gasteiger partial charge is 0.127 e. The molecule has 50 valence electrons. The van der Waals surface area contributed by atoms with E-state index < -0.39 is 0 Å². The molecule has 0 radical (unpaired) electrons. The Bertz CT molecular complexity index is 350. The molecule has 0 unspecified atom stereocenters. The van der Waals surface area contributed by atoms with Gasteiger partial charge >= 0.3 is 0 Å². The molecular weight excluding hydrogens is 126 g/mol. The first-order valence-electron chi connectivity index (χ1n) is 3.13. The summed E-state index contributed by atoms with van der Waals surface area (Å²) in [6.45, 7) is 1.93. The molecule has 3 heteroatoms. The van der Waals surface area contributed by atoms with Crippen molar-refractivity contribution in [1.82, 2.24) is 14.6 Å². The van der Waals surface area contributed by atoms with Crippen molar-refractivity contribution < 1.29 is 0 Å². The zero-order valence-electron chi connectivity index (χ0n) is 5.65. The van der Waals surface area contributed by atoms with Gasteiger partial charge in [0.2, 0.25) is 0 Å². The van der Waals surface area contributed by atoms with Gasteiger partial charge in [-0.3, -0.25) is 0 Å². The molecule has 0 aliphatic heterocycles. The van der Waals surface area contributed by atoms with Crippen molar-refractivity contribution in [3.8, 4) is 0 Å². The van der Waals surface area contributed by atoms with Crippen molar-refractivity contribution in [2.75, 3.05) is 0 Å². The molecule has 2 aromatic rings. The topological polar surface area (TPSA) is 30.2 Å². The van der Waals surface area contributed by atoms with Crippen molar-refractivity contribution in [3.05, 3.63) is 30.4 Å². The van der Waals surface area contributed by atoms with E-state index in [2.05, 4.69) is 10.1 Å². The SMILES string of the molecule is Cc1nccc2ccnn12. The van der Waals surface area contributed by atoms with Crippen LogP contribution in [0, 0.1) is 6.92 Å². The number of nitrogens with zero attached hydrogens (tertiary/aromatic N) is 3. The molecule has 0 aliphatic rings. The lowest BCUT2D eigenvalue weighted by molar-refractivity contribution is 0.863. The van der Waals surface area contributed by atoms with Gasteiger partial charge in [0.05, 0.1) is 11.7 Å². The predicted octanol–water partition coefficient (Wildman–Crippen LogP) is 1.04. The van der Waals surface area contributed by atoms with E-state index in [1.54, 1.807) is 16.9 Å². The van der Waals surface area contributed by atoms with Gasteiger partial charge in [-0.05, 0) is 19.1 Å². The third kappa shape index (κ3) is 0.603. The van der Waals surface area contributed by atoms with Gasteiger partial charge in [-0.1, -0.05) is 0 Å². The number of hydrogen-bond donors (Lipinski definition) is 0. The van der Waals surface area contributed by atoms with Crippen LogP contribution in [-0.4, -0.2) is 14.6 Å². The number of fused-ring (bicyclic) bond motifs is 1. The van der Waals surface area contributed by atoms with Crippen molar-refractivity contribution in [1.29, 1.82) is 0 Å². The maximum absolute atomic E-state index is 4.08. The minimum Gasteiger partial charge on any atom is -0.242 e.